The second-order valence-corrected chi connectivity index (χ2v) is 7.53. The van der Waals surface area contributed by atoms with Crippen LogP contribution in [0.3, 0.4) is 0 Å². The molecule has 0 atom stereocenters. The van der Waals surface area contributed by atoms with E-state index in [0.29, 0.717) is 38.6 Å². The highest BCUT2D eigenvalue weighted by Gasteiger charge is 2.20. The average Bonchev–Trinajstić information content (AvgIpc) is 3.37. The maximum absolute atomic E-state index is 11.5. The van der Waals surface area contributed by atoms with E-state index in [9.17, 15) is 9.90 Å². The van der Waals surface area contributed by atoms with Crippen molar-refractivity contribution in [1.29, 1.82) is 0 Å². The van der Waals surface area contributed by atoms with Crippen LogP contribution < -0.4 is 26.4 Å². The number of hydrogen-bond acceptors (Lipinski definition) is 7. The van der Waals surface area contributed by atoms with Gasteiger partial charge >= 0.3 is 5.69 Å². The Hall–Kier alpha value is -3.79. The highest BCUT2D eigenvalue weighted by atomic mass is 35.5. The van der Waals surface area contributed by atoms with Gasteiger partial charge in [-0.05, 0) is 31.1 Å². The first kappa shape index (κ1) is 19.2. The van der Waals surface area contributed by atoms with Crippen LogP contribution in [0.25, 0.3) is 11.7 Å². The van der Waals surface area contributed by atoms with Crippen LogP contribution in [0.2, 0.25) is 5.02 Å². The van der Waals surface area contributed by atoms with Gasteiger partial charge in [-0.1, -0.05) is 17.7 Å². The predicted molar refractivity (Wildman–Crippen MR) is 115 cm³/mol. The molecule has 3 heterocycles. The molecule has 0 saturated heterocycles. The Morgan fingerprint density at radius 3 is 2.94 bits per heavy atom. The van der Waals surface area contributed by atoms with E-state index in [1.54, 1.807) is 36.0 Å². The zero-order chi connectivity index (χ0) is 21.5. The molecule has 158 valence electrons. The van der Waals surface area contributed by atoms with Gasteiger partial charge in [-0.15, -0.1) is 0 Å². The summed E-state index contributed by atoms with van der Waals surface area (Å²) >= 11 is 6.24. The molecule has 3 aromatic heterocycles. The van der Waals surface area contributed by atoms with Crippen molar-refractivity contribution >= 4 is 34.8 Å². The first-order chi connectivity index (χ1) is 15.0. The zero-order valence-corrected chi connectivity index (χ0v) is 17.1. The van der Waals surface area contributed by atoms with E-state index in [2.05, 4.69) is 25.4 Å². The second kappa shape index (κ2) is 7.47. The highest BCUT2D eigenvalue weighted by Crippen LogP contribution is 2.33. The SMILES string of the molecule is COc1c(Cl)cccc1Nc1cc(=NC2CC2)n2nc/c(=C\c3[nH]c(=O)[nH]c3O)c2n1. The third-order valence-corrected chi connectivity index (χ3v) is 5.11. The Bertz CT molecular complexity index is 1470. The third kappa shape index (κ3) is 3.73. The van der Waals surface area contributed by atoms with Crippen LogP contribution in [0.4, 0.5) is 11.5 Å². The lowest BCUT2D eigenvalue weighted by molar-refractivity contribution is 0.417. The quantitative estimate of drug-likeness (QED) is 0.372. The van der Waals surface area contributed by atoms with E-state index in [1.807, 2.05) is 12.1 Å². The number of aromatic nitrogens is 5. The molecule has 0 spiro atoms. The molecular formula is C20H18ClN7O3. The second-order valence-electron chi connectivity index (χ2n) is 7.13. The molecule has 31 heavy (non-hydrogen) atoms. The van der Waals surface area contributed by atoms with Gasteiger partial charge in [0.25, 0.3) is 0 Å². The molecule has 1 fully saturated rings. The van der Waals surface area contributed by atoms with Gasteiger partial charge in [0.2, 0.25) is 5.88 Å². The molecule has 4 N–H and O–H groups in total. The minimum atomic E-state index is -0.506. The summed E-state index contributed by atoms with van der Waals surface area (Å²) in [6, 6.07) is 7.45. The number of H-pyrrole nitrogens is 2. The van der Waals surface area contributed by atoms with Crippen molar-refractivity contribution in [3.63, 3.8) is 0 Å². The molecule has 5 rings (SSSR count). The number of fused-ring (bicyclic) bond motifs is 1. The Morgan fingerprint density at radius 2 is 2.23 bits per heavy atom. The largest absolute Gasteiger partial charge is 0.493 e. The van der Waals surface area contributed by atoms with Crippen LogP contribution in [-0.2, 0) is 0 Å². The number of para-hydroxylation sites is 1. The van der Waals surface area contributed by atoms with Crippen molar-refractivity contribution in [3.8, 4) is 11.6 Å². The highest BCUT2D eigenvalue weighted by molar-refractivity contribution is 6.32. The molecule has 0 radical (unpaired) electrons. The smallest absolute Gasteiger partial charge is 0.326 e. The standard InChI is InChI=1S/C20H18ClN7O3/c1-31-17-12(21)3-2-4-13(17)24-15-8-16(23-11-5-6-11)28-18(26-15)10(9-22-28)7-14-19(29)27-20(30)25-14/h2-4,7-9,11,24,29H,5-6H2,1H3,(H2,25,27,30)/b10-7+,23-16?. The summed E-state index contributed by atoms with van der Waals surface area (Å²) in [5, 5.41) is 18.6. The topological polar surface area (TPSA) is 133 Å². The summed E-state index contributed by atoms with van der Waals surface area (Å²) < 4.78 is 7.04. The van der Waals surface area contributed by atoms with Crippen LogP contribution in [0, 0.1) is 0 Å². The number of benzene rings is 1. The van der Waals surface area contributed by atoms with E-state index < -0.39 is 5.69 Å². The third-order valence-electron chi connectivity index (χ3n) is 4.81. The molecule has 4 aromatic rings. The number of nitrogens with one attached hydrogen (secondary N) is 3. The molecule has 1 aliphatic rings. The van der Waals surface area contributed by atoms with Crippen molar-refractivity contribution < 1.29 is 9.84 Å². The molecule has 0 unspecified atom stereocenters. The van der Waals surface area contributed by atoms with Gasteiger partial charge in [0.1, 0.15) is 11.5 Å². The van der Waals surface area contributed by atoms with Gasteiger partial charge in [-0.3, -0.25) is 9.98 Å². The Morgan fingerprint density at radius 1 is 1.39 bits per heavy atom. The first-order valence-electron chi connectivity index (χ1n) is 9.57. The van der Waals surface area contributed by atoms with Crippen molar-refractivity contribution in [1.82, 2.24) is 24.6 Å². The van der Waals surface area contributed by atoms with Gasteiger partial charge in [0.05, 0.1) is 30.1 Å². The van der Waals surface area contributed by atoms with Crippen molar-refractivity contribution in [3.05, 3.63) is 62.4 Å². The van der Waals surface area contributed by atoms with Gasteiger partial charge in [-0.2, -0.15) is 9.61 Å². The van der Waals surface area contributed by atoms with Gasteiger partial charge < -0.3 is 20.1 Å². The number of anilines is 2. The number of nitrogens with zero attached hydrogens (tertiary/aromatic N) is 4. The number of imidazole rings is 1. The van der Waals surface area contributed by atoms with Crippen LogP contribution in [0.5, 0.6) is 11.6 Å². The fraction of sp³-hybridized carbons (Fsp3) is 0.200. The number of aromatic hydroxyl groups is 1. The molecule has 1 aromatic carbocycles. The number of halogens is 1. The summed E-state index contributed by atoms with van der Waals surface area (Å²) in [4.78, 5) is 25.7. The summed E-state index contributed by atoms with van der Waals surface area (Å²) in [5.41, 5.74) is 1.53. The molecule has 1 aliphatic carbocycles. The lowest BCUT2D eigenvalue weighted by atomic mass is 10.3. The van der Waals surface area contributed by atoms with Crippen LogP contribution >= 0.6 is 11.6 Å². The summed E-state index contributed by atoms with van der Waals surface area (Å²) in [5.74, 6) is 0.765. The van der Waals surface area contributed by atoms with Crippen molar-refractivity contribution in [2.45, 2.75) is 18.9 Å². The molecule has 1 saturated carbocycles. The molecule has 0 aliphatic heterocycles. The summed E-state index contributed by atoms with van der Waals surface area (Å²) in [6.07, 6.45) is 5.26. The summed E-state index contributed by atoms with van der Waals surface area (Å²) in [6.45, 7) is 0. The Kier molecular flexibility index (Phi) is 4.63. The lowest BCUT2D eigenvalue weighted by Crippen LogP contribution is -2.20. The number of hydrogen-bond donors (Lipinski definition) is 4. The molecule has 11 heteroatoms. The van der Waals surface area contributed by atoms with Gasteiger partial charge in [-0.25, -0.2) is 9.78 Å². The zero-order valence-electron chi connectivity index (χ0n) is 16.4. The molecule has 0 amide bonds. The Balaban J connectivity index is 1.69. The maximum Gasteiger partial charge on any atom is 0.326 e. The van der Waals surface area contributed by atoms with Crippen LogP contribution in [0.1, 0.15) is 18.5 Å². The lowest BCUT2D eigenvalue weighted by Gasteiger charge is -2.12. The number of rotatable bonds is 5. The molecule has 0 bridgehead atoms. The monoisotopic (exact) mass is 439 g/mol. The summed E-state index contributed by atoms with van der Waals surface area (Å²) in [7, 11) is 1.55. The van der Waals surface area contributed by atoms with Crippen LogP contribution in [-0.4, -0.2) is 42.8 Å². The van der Waals surface area contributed by atoms with E-state index in [4.69, 9.17) is 21.3 Å². The maximum atomic E-state index is 11.5. The van der Waals surface area contributed by atoms with Gasteiger partial charge in [0.15, 0.2) is 16.9 Å². The average molecular weight is 440 g/mol. The van der Waals surface area contributed by atoms with E-state index in [-0.39, 0.29) is 17.6 Å². The fourth-order valence-corrected chi connectivity index (χ4v) is 3.46. The number of ether oxygens (including phenoxy) is 1. The van der Waals surface area contributed by atoms with Gasteiger partial charge in [0, 0.05) is 11.3 Å². The minimum Gasteiger partial charge on any atom is -0.493 e. The fourth-order valence-electron chi connectivity index (χ4n) is 3.21. The van der Waals surface area contributed by atoms with Crippen molar-refractivity contribution in [2.24, 2.45) is 4.99 Å². The normalized spacial score (nSPS) is 15.0. The molecule has 10 nitrogen and oxygen atoms in total. The van der Waals surface area contributed by atoms with Crippen LogP contribution in [0.15, 0.2) is 40.2 Å². The van der Waals surface area contributed by atoms with Crippen molar-refractivity contribution in [2.75, 3.05) is 12.4 Å². The van der Waals surface area contributed by atoms with E-state index in [0.717, 1.165) is 12.8 Å². The Labute approximate surface area is 179 Å². The number of methoxy groups -OCH3 is 1. The number of aromatic amines is 2. The minimum absolute atomic E-state index is 0.234. The molecular weight excluding hydrogens is 422 g/mol. The predicted octanol–water partition coefficient (Wildman–Crippen LogP) is 1.47. The van der Waals surface area contributed by atoms with E-state index >= 15 is 0 Å². The van der Waals surface area contributed by atoms with E-state index in [1.165, 1.54) is 0 Å². The first-order valence-corrected chi connectivity index (χ1v) is 9.95.